The van der Waals surface area contributed by atoms with Crippen LogP contribution in [0.15, 0.2) is 66.7 Å². The van der Waals surface area contributed by atoms with E-state index in [2.05, 4.69) is 10.6 Å². The molecule has 1 heterocycles. The quantitative estimate of drug-likeness (QED) is 0.677. The lowest BCUT2D eigenvalue weighted by molar-refractivity contribution is -0.137. The number of amides is 3. The zero-order valence-corrected chi connectivity index (χ0v) is 17.8. The third-order valence-corrected chi connectivity index (χ3v) is 5.46. The maximum atomic E-state index is 13.2. The molecule has 1 saturated heterocycles. The average molecular weight is 420 g/mol. The van der Waals surface area contributed by atoms with Gasteiger partial charge < -0.3 is 15.5 Å². The molecule has 2 atom stereocenters. The molecule has 0 aliphatic carbocycles. The van der Waals surface area contributed by atoms with E-state index in [1.807, 2.05) is 60.7 Å². The van der Waals surface area contributed by atoms with Crippen molar-refractivity contribution in [2.75, 3.05) is 13.6 Å². The first-order valence-corrected chi connectivity index (χ1v) is 10.7. The van der Waals surface area contributed by atoms with Gasteiger partial charge in [-0.2, -0.15) is 0 Å². The molecule has 1 aliphatic rings. The normalized spacial score (nSPS) is 17.5. The van der Waals surface area contributed by atoms with E-state index in [9.17, 15) is 14.4 Å². The van der Waals surface area contributed by atoms with Crippen LogP contribution < -0.4 is 10.6 Å². The van der Waals surface area contributed by atoms with E-state index in [-0.39, 0.29) is 17.7 Å². The second kappa shape index (κ2) is 11.1. The van der Waals surface area contributed by atoms with Crippen LogP contribution >= 0.6 is 0 Å². The van der Waals surface area contributed by atoms with Crippen molar-refractivity contribution in [2.45, 2.75) is 37.8 Å². The second-order valence-corrected chi connectivity index (χ2v) is 7.75. The molecule has 3 rings (SSSR count). The maximum absolute atomic E-state index is 13.2. The van der Waals surface area contributed by atoms with Crippen molar-refractivity contribution < 1.29 is 14.4 Å². The van der Waals surface area contributed by atoms with Crippen molar-refractivity contribution in [3.05, 3.63) is 77.9 Å². The number of benzene rings is 2. The van der Waals surface area contributed by atoms with Crippen LogP contribution in [-0.4, -0.2) is 48.3 Å². The van der Waals surface area contributed by atoms with Gasteiger partial charge in [0, 0.05) is 26.1 Å². The van der Waals surface area contributed by atoms with E-state index in [4.69, 9.17) is 0 Å². The van der Waals surface area contributed by atoms with Crippen molar-refractivity contribution in [1.82, 2.24) is 15.5 Å². The zero-order chi connectivity index (χ0) is 22.1. The molecule has 1 fully saturated rings. The van der Waals surface area contributed by atoms with Gasteiger partial charge in [-0.05, 0) is 36.5 Å². The predicted molar refractivity (Wildman–Crippen MR) is 121 cm³/mol. The number of rotatable bonds is 7. The highest BCUT2D eigenvalue weighted by molar-refractivity contribution is 5.96. The topological polar surface area (TPSA) is 78.5 Å². The first-order chi connectivity index (χ1) is 15.0. The third kappa shape index (κ3) is 6.54. The summed E-state index contributed by atoms with van der Waals surface area (Å²) in [5.41, 5.74) is 1.85. The minimum Gasteiger partial charge on any atom is -0.354 e. The Hall–Kier alpha value is -3.41. The average Bonchev–Trinajstić information content (AvgIpc) is 3.00. The van der Waals surface area contributed by atoms with E-state index in [0.717, 1.165) is 24.0 Å². The first-order valence-electron chi connectivity index (χ1n) is 10.7. The Morgan fingerprint density at radius 2 is 1.77 bits per heavy atom. The van der Waals surface area contributed by atoms with Gasteiger partial charge in [-0.3, -0.25) is 14.4 Å². The molecule has 0 unspecified atom stereocenters. The van der Waals surface area contributed by atoms with E-state index >= 15 is 0 Å². The van der Waals surface area contributed by atoms with Crippen LogP contribution in [0.3, 0.4) is 0 Å². The molecule has 2 aromatic carbocycles. The Bertz CT molecular complexity index is 912. The molecule has 0 radical (unpaired) electrons. The number of hydrogen-bond donors (Lipinski definition) is 2. The van der Waals surface area contributed by atoms with Crippen LogP contribution in [0.2, 0.25) is 0 Å². The smallest absolute Gasteiger partial charge is 0.247 e. The van der Waals surface area contributed by atoms with Crippen LogP contribution in [0.5, 0.6) is 0 Å². The van der Waals surface area contributed by atoms with Crippen LogP contribution in [0, 0.1) is 0 Å². The Labute approximate surface area is 183 Å². The molecule has 2 aromatic rings. The van der Waals surface area contributed by atoms with Gasteiger partial charge >= 0.3 is 0 Å². The fourth-order valence-electron chi connectivity index (χ4n) is 3.59. The SMILES string of the molecule is CN(C(=O)/C=C/c1ccccc1)[C@@H](Cc1ccccc1)C(=O)N[C@@H]1CCCCNC1=O. The lowest BCUT2D eigenvalue weighted by Gasteiger charge is -2.28. The summed E-state index contributed by atoms with van der Waals surface area (Å²) >= 11 is 0. The van der Waals surface area contributed by atoms with Gasteiger partial charge in [0.05, 0.1) is 0 Å². The summed E-state index contributed by atoms with van der Waals surface area (Å²) in [5.74, 6) is -0.762. The lowest BCUT2D eigenvalue weighted by Crippen LogP contribution is -2.54. The Balaban J connectivity index is 1.76. The maximum Gasteiger partial charge on any atom is 0.247 e. The second-order valence-electron chi connectivity index (χ2n) is 7.75. The molecule has 0 spiro atoms. The number of likely N-dealkylation sites (N-methyl/N-ethyl adjacent to an activating group) is 1. The molecule has 6 heteroatoms. The fourth-order valence-corrected chi connectivity index (χ4v) is 3.59. The third-order valence-electron chi connectivity index (χ3n) is 5.46. The fraction of sp³-hybridized carbons (Fsp3) is 0.320. The van der Waals surface area contributed by atoms with E-state index in [0.29, 0.717) is 19.4 Å². The Morgan fingerprint density at radius 3 is 2.48 bits per heavy atom. The molecule has 0 bridgehead atoms. The van der Waals surface area contributed by atoms with E-state index in [1.54, 1.807) is 13.1 Å². The number of nitrogens with one attached hydrogen (secondary N) is 2. The van der Waals surface area contributed by atoms with Crippen LogP contribution in [0.4, 0.5) is 0 Å². The minimum atomic E-state index is -0.730. The monoisotopic (exact) mass is 419 g/mol. The highest BCUT2D eigenvalue weighted by atomic mass is 16.2. The first kappa shape index (κ1) is 22.3. The molecule has 0 saturated carbocycles. The molecular formula is C25H29N3O3. The summed E-state index contributed by atoms with van der Waals surface area (Å²) < 4.78 is 0. The van der Waals surface area contributed by atoms with Gasteiger partial charge in [-0.1, -0.05) is 60.7 Å². The number of carbonyl (C=O) groups excluding carboxylic acids is 3. The van der Waals surface area contributed by atoms with Crippen molar-refractivity contribution in [1.29, 1.82) is 0 Å². The summed E-state index contributed by atoms with van der Waals surface area (Å²) in [6.45, 7) is 0.626. The number of nitrogens with zero attached hydrogens (tertiary/aromatic N) is 1. The number of hydrogen-bond acceptors (Lipinski definition) is 3. The van der Waals surface area contributed by atoms with Crippen molar-refractivity contribution >= 4 is 23.8 Å². The summed E-state index contributed by atoms with van der Waals surface area (Å²) in [6.07, 6.45) is 5.92. The van der Waals surface area contributed by atoms with Crippen molar-refractivity contribution in [2.24, 2.45) is 0 Å². The summed E-state index contributed by atoms with van der Waals surface area (Å²) in [4.78, 5) is 39.7. The molecular weight excluding hydrogens is 390 g/mol. The summed E-state index contributed by atoms with van der Waals surface area (Å²) in [7, 11) is 1.62. The largest absolute Gasteiger partial charge is 0.354 e. The number of carbonyl (C=O) groups is 3. The van der Waals surface area contributed by atoms with Crippen molar-refractivity contribution in [3.63, 3.8) is 0 Å². The van der Waals surface area contributed by atoms with Gasteiger partial charge in [-0.15, -0.1) is 0 Å². The molecule has 31 heavy (non-hydrogen) atoms. The van der Waals surface area contributed by atoms with Gasteiger partial charge in [0.15, 0.2) is 0 Å². The lowest BCUT2D eigenvalue weighted by atomic mass is 10.0. The Kier molecular flexibility index (Phi) is 7.98. The Morgan fingerprint density at radius 1 is 1.10 bits per heavy atom. The molecule has 3 amide bonds. The van der Waals surface area contributed by atoms with E-state index in [1.165, 1.54) is 11.0 Å². The molecule has 162 valence electrons. The van der Waals surface area contributed by atoms with Crippen LogP contribution in [0.1, 0.15) is 30.4 Å². The van der Waals surface area contributed by atoms with Gasteiger partial charge in [0.25, 0.3) is 0 Å². The summed E-state index contributed by atoms with van der Waals surface area (Å²) in [6, 6.07) is 17.8. The summed E-state index contributed by atoms with van der Waals surface area (Å²) in [5, 5.41) is 5.70. The van der Waals surface area contributed by atoms with Gasteiger partial charge in [-0.25, -0.2) is 0 Å². The standard InChI is InChI=1S/C25H29N3O3/c1-28(23(29)16-15-19-10-4-2-5-11-19)22(18-20-12-6-3-7-13-20)25(31)27-21-14-8-9-17-26-24(21)30/h2-7,10-13,15-16,21-22H,8-9,14,17-18H2,1H3,(H,26,30)(H,27,31)/b16-15+/t21-,22+/m1/s1. The van der Waals surface area contributed by atoms with Gasteiger partial charge in [0.2, 0.25) is 17.7 Å². The molecule has 0 aromatic heterocycles. The van der Waals surface area contributed by atoms with Crippen molar-refractivity contribution in [3.8, 4) is 0 Å². The van der Waals surface area contributed by atoms with E-state index < -0.39 is 12.1 Å². The molecule has 6 nitrogen and oxygen atoms in total. The minimum absolute atomic E-state index is 0.165. The highest BCUT2D eigenvalue weighted by Crippen LogP contribution is 2.12. The van der Waals surface area contributed by atoms with Crippen LogP contribution in [0.25, 0.3) is 6.08 Å². The van der Waals surface area contributed by atoms with Crippen LogP contribution in [-0.2, 0) is 20.8 Å². The van der Waals surface area contributed by atoms with Gasteiger partial charge in [0.1, 0.15) is 12.1 Å². The zero-order valence-electron chi connectivity index (χ0n) is 17.8. The molecule has 1 aliphatic heterocycles. The highest BCUT2D eigenvalue weighted by Gasteiger charge is 2.30. The predicted octanol–water partition coefficient (Wildman–Crippen LogP) is 2.55. The molecule has 2 N–H and O–H groups in total.